The summed E-state index contributed by atoms with van der Waals surface area (Å²) in [5.74, 6) is 1.88. The molecule has 4 rings (SSSR count). The van der Waals surface area contributed by atoms with Gasteiger partial charge >= 0.3 is 0 Å². The van der Waals surface area contributed by atoms with E-state index in [2.05, 4.69) is 55.1 Å². The zero-order valence-electron chi connectivity index (χ0n) is 21.1. The second-order valence-corrected chi connectivity index (χ2v) is 9.24. The average molecular weight is 472 g/mol. The highest BCUT2D eigenvalue weighted by Gasteiger charge is 2.36. The lowest BCUT2D eigenvalue weighted by Crippen LogP contribution is -2.30. The number of methoxy groups -OCH3 is 1. The maximum Gasteiger partial charge on any atom is 0.119 e. The molecule has 35 heavy (non-hydrogen) atoms. The molecule has 0 amide bonds. The number of ether oxygens (including phenoxy) is 2. The van der Waals surface area contributed by atoms with Crippen molar-refractivity contribution in [1.29, 1.82) is 0 Å². The quantitative estimate of drug-likeness (QED) is 0.379. The highest BCUT2D eigenvalue weighted by Crippen LogP contribution is 2.46. The Morgan fingerprint density at radius 1 is 0.886 bits per heavy atom. The van der Waals surface area contributed by atoms with E-state index in [1.54, 1.807) is 7.11 Å². The molecule has 0 bridgehead atoms. The maximum atomic E-state index is 11.9. The molecule has 1 aliphatic rings. The monoisotopic (exact) mass is 471 g/mol. The van der Waals surface area contributed by atoms with Crippen LogP contribution in [0.25, 0.3) is 5.57 Å². The summed E-state index contributed by atoms with van der Waals surface area (Å²) in [5, 5.41) is 11.9. The van der Waals surface area contributed by atoms with Crippen LogP contribution in [-0.4, -0.2) is 43.4 Å². The summed E-state index contributed by atoms with van der Waals surface area (Å²) in [4.78, 5) is 2.35. The smallest absolute Gasteiger partial charge is 0.119 e. The number of hydrogen-bond acceptors (Lipinski definition) is 4. The van der Waals surface area contributed by atoms with Gasteiger partial charge in [-0.2, -0.15) is 0 Å². The van der Waals surface area contributed by atoms with Gasteiger partial charge in [-0.25, -0.2) is 0 Å². The zero-order chi connectivity index (χ0) is 24.7. The van der Waals surface area contributed by atoms with Crippen LogP contribution < -0.4 is 9.47 Å². The van der Waals surface area contributed by atoms with E-state index in [-0.39, 0.29) is 5.92 Å². The summed E-state index contributed by atoms with van der Waals surface area (Å²) in [6.07, 6.45) is 3.56. The van der Waals surface area contributed by atoms with Gasteiger partial charge in [-0.15, -0.1) is 0 Å². The highest BCUT2D eigenvalue weighted by atomic mass is 16.5. The molecule has 184 valence electrons. The standard InChI is InChI=1S/C31H37NO3/c1-4-32(5-2)19-20-35-30-15-11-25(12-16-30)27-21-26(24-9-7-6-8-10-24)22-31(33,23-27)28-13-17-29(34-3)18-14-28/h6-18,23,26,33H,4-5,19-22H2,1-3H3. The summed E-state index contributed by atoms with van der Waals surface area (Å²) in [6, 6.07) is 26.6. The minimum Gasteiger partial charge on any atom is -0.497 e. The molecule has 3 aromatic rings. The van der Waals surface area contributed by atoms with Crippen LogP contribution in [0.3, 0.4) is 0 Å². The second-order valence-electron chi connectivity index (χ2n) is 9.24. The van der Waals surface area contributed by atoms with Crippen LogP contribution in [0.4, 0.5) is 0 Å². The van der Waals surface area contributed by atoms with Gasteiger partial charge in [0.05, 0.1) is 7.11 Å². The molecule has 1 aliphatic carbocycles. The van der Waals surface area contributed by atoms with Crippen LogP contribution in [-0.2, 0) is 5.60 Å². The van der Waals surface area contributed by atoms with Gasteiger partial charge in [-0.1, -0.05) is 68.4 Å². The molecule has 2 atom stereocenters. The molecule has 0 aromatic heterocycles. The average Bonchev–Trinajstić information content (AvgIpc) is 2.92. The third-order valence-corrected chi connectivity index (χ3v) is 7.09. The Labute approximate surface area is 209 Å². The SMILES string of the molecule is CCN(CC)CCOc1ccc(C2=CC(O)(c3ccc(OC)cc3)CC(c3ccccc3)C2)cc1. The van der Waals surface area contributed by atoms with Crippen molar-refractivity contribution in [2.45, 2.75) is 38.2 Å². The number of nitrogens with zero attached hydrogens (tertiary/aromatic N) is 1. The molecular weight excluding hydrogens is 434 g/mol. The Balaban J connectivity index is 1.58. The van der Waals surface area contributed by atoms with Gasteiger partial charge in [0.25, 0.3) is 0 Å². The van der Waals surface area contributed by atoms with E-state index in [0.717, 1.165) is 54.3 Å². The number of aliphatic hydroxyl groups is 1. The van der Waals surface area contributed by atoms with Crippen molar-refractivity contribution in [3.63, 3.8) is 0 Å². The number of allylic oxidation sites excluding steroid dienone is 1. The number of benzene rings is 3. The Morgan fingerprint density at radius 3 is 2.17 bits per heavy atom. The van der Waals surface area contributed by atoms with Crippen molar-refractivity contribution in [1.82, 2.24) is 4.90 Å². The first kappa shape index (κ1) is 25.0. The van der Waals surface area contributed by atoms with E-state index >= 15 is 0 Å². The molecule has 0 saturated carbocycles. The number of likely N-dealkylation sites (N-methyl/N-ethyl adjacent to an activating group) is 1. The Bertz CT molecular complexity index is 1090. The maximum absolute atomic E-state index is 11.9. The van der Waals surface area contributed by atoms with Gasteiger partial charge in [0, 0.05) is 6.54 Å². The van der Waals surface area contributed by atoms with Crippen LogP contribution in [0.5, 0.6) is 11.5 Å². The number of rotatable bonds is 10. The van der Waals surface area contributed by atoms with Crippen LogP contribution >= 0.6 is 0 Å². The lowest BCUT2D eigenvalue weighted by molar-refractivity contribution is 0.0671. The van der Waals surface area contributed by atoms with E-state index in [1.807, 2.05) is 48.5 Å². The summed E-state index contributed by atoms with van der Waals surface area (Å²) < 4.78 is 11.3. The first-order chi connectivity index (χ1) is 17.0. The number of hydrogen-bond donors (Lipinski definition) is 1. The van der Waals surface area contributed by atoms with E-state index in [1.165, 1.54) is 5.56 Å². The summed E-state index contributed by atoms with van der Waals surface area (Å²) in [5.41, 5.74) is 3.35. The van der Waals surface area contributed by atoms with E-state index in [4.69, 9.17) is 9.47 Å². The van der Waals surface area contributed by atoms with Crippen molar-refractivity contribution >= 4 is 5.57 Å². The Morgan fingerprint density at radius 2 is 1.54 bits per heavy atom. The van der Waals surface area contributed by atoms with Crippen molar-refractivity contribution in [2.75, 3.05) is 33.4 Å². The summed E-state index contributed by atoms with van der Waals surface area (Å²) in [7, 11) is 1.66. The van der Waals surface area contributed by atoms with Gasteiger partial charge in [-0.3, -0.25) is 0 Å². The lowest BCUT2D eigenvalue weighted by atomic mass is 9.72. The van der Waals surface area contributed by atoms with Crippen LogP contribution in [0.2, 0.25) is 0 Å². The van der Waals surface area contributed by atoms with E-state index < -0.39 is 5.60 Å². The highest BCUT2D eigenvalue weighted by molar-refractivity contribution is 5.70. The first-order valence-corrected chi connectivity index (χ1v) is 12.6. The predicted octanol–water partition coefficient (Wildman–Crippen LogP) is 6.26. The van der Waals surface area contributed by atoms with E-state index in [0.29, 0.717) is 13.0 Å². The Kier molecular flexibility index (Phi) is 8.27. The van der Waals surface area contributed by atoms with Crippen LogP contribution in [0.15, 0.2) is 84.9 Å². The third-order valence-electron chi connectivity index (χ3n) is 7.09. The van der Waals surface area contributed by atoms with Crippen LogP contribution in [0, 0.1) is 0 Å². The molecule has 0 heterocycles. The molecule has 4 heteroatoms. The third kappa shape index (κ3) is 6.14. The van der Waals surface area contributed by atoms with Crippen LogP contribution in [0.1, 0.15) is 49.3 Å². The molecule has 2 unspecified atom stereocenters. The molecule has 0 fully saturated rings. The fourth-order valence-corrected chi connectivity index (χ4v) is 4.96. The largest absolute Gasteiger partial charge is 0.497 e. The van der Waals surface area contributed by atoms with E-state index in [9.17, 15) is 5.11 Å². The first-order valence-electron chi connectivity index (χ1n) is 12.6. The minimum atomic E-state index is -1.06. The summed E-state index contributed by atoms with van der Waals surface area (Å²) in [6.45, 7) is 8.02. The molecule has 0 saturated heterocycles. The lowest BCUT2D eigenvalue weighted by Gasteiger charge is -2.36. The van der Waals surface area contributed by atoms with Crippen molar-refractivity contribution in [3.05, 3.63) is 102 Å². The fraction of sp³-hybridized carbons (Fsp3) is 0.355. The predicted molar refractivity (Wildman–Crippen MR) is 143 cm³/mol. The molecular formula is C31H37NO3. The normalized spacial score (nSPS) is 19.9. The van der Waals surface area contributed by atoms with Gasteiger partial charge in [0.1, 0.15) is 23.7 Å². The fourth-order valence-electron chi connectivity index (χ4n) is 4.96. The summed E-state index contributed by atoms with van der Waals surface area (Å²) >= 11 is 0. The molecule has 3 aromatic carbocycles. The Hall–Kier alpha value is -3.08. The molecule has 0 radical (unpaired) electrons. The van der Waals surface area contributed by atoms with Gasteiger partial charge in [-0.05, 0) is 84.5 Å². The molecule has 4 nitrogen and oxygen atoms in total. The van der Waals surface area contributed by atoms with Crippen molar-refractivity contribution in [2.24, 2.45) is 0 Å². The van der Waals surface area contributed by atoms with Crippen molar-refractivity contribution in [3.8, 4) is 11.5 Å². The minimum absolute atomic E-state index is 0.216. The molecule has 0 spiro atoms. The van der Waals surface area contributed by atoms with Gasteiger partial charge < -0.3 is 19.5 Å². The van der Waals surface area contributed by atoms with Gasteiger partial charge in [0.15, 0.2) is 0 Å². The topological polar surface area (TPSA) is 41.9 Å². The van der Waals surface area contributed by atoms with Gasteiger partial charge in [0.2, 0.25) is 0 Å². The molecule has 0 aliphatic heterocycles. The zero-order valence-corrected chi connectivity index (χ0v) is 21.1. The molecule has 1 N–H and O–H groups in total. The second kappa shape index (κ2) is 11.6. The van der Waals surface area contributed by atoms with Crippen molar-refractivity contribution < 1.29 is 14.6 Å².